The Morgan fingerprint density at radius 3 is 2.30 bits per heavy atom. The minimum absolute atomic E-state index is 0.206. The number of carboxylic acids is 2. The quantitative estimate of drug-likeness (QED) is 0.398. The molecule has 0 spiro atoms. The summed E-state index contributed by atoms with van der Waals surface area (Å²) in [7, 11) is 0. The molecule has 4 N–H and O–H groups in total. The molecule has 9 nitrogen and oxygen atoms in total. The Morgan fingerprint density at radius 2 is 1.85 bits per heavy atom. The van der Waals surface area contributed by atoms with Crippen LogP contribution in [0.5, 0.6) is 0 Å². The SMILES string of the molecule is O=C(O)[C@@H](O)[C@@](O)(Cc1ccccc1[N+](=O)[O-])C(=O)O. The molecule has 1 rings (SSSR count). The summed E-state index contributed by atoms with van der Waals surface area (Å²) in [6.07, 6.45) is -3.55. The van der Waals surface area contributed by atoms with Gasteiger partial charge < -0.3 is 20.4 Å². The molecule has 0 fully saturated rings. The number of carboxylic acid groups (broad SMARTS) is 2. The minimum Gasteiger partial charge on any atom is -0.479 e. The van der Waals surface area contributed by atoms with Crippen LogP contribution in [0.2, 0.25) is 0 Å². The van der Waals surface area contributed by atoms with Crippen LogP contribution in [0.25, 0.3) is 0 Å². The van der Waals surface area contributed by atoms with E-state index in [9.17, 15) is 29.9 Å². The van der Waals surface area contributed by atoms with E-state index >= 15 is 0 Å². The van der Waals surface area contributed by atoms with E-state index < -0.39 is 40.7 Å². The van der Waals surface area contributed by atoms with Gasteiger partial charge in [0, 0.05) is 18.1 Å². The van der Waals surface area contributed by atoms with Crippen molar-refractivity contribution < 1.29 is 34.9 Å². The summed E-state index contributed by atoms with van der Waals surface area (Å²) < 4.78 is 0. The Balaban J connectivity index is 3.25. The van der Waals surface area contributed by atoms with Gasteiger partial charge >= 0.3 is 11.9 Å². The number of aliphatic carboxylic acids is 2. The van der Waals surface area contributed by atoms with Crippen LogP contribution in [0.3, 0.4) is 0 Å². The van der Waals surface area contributed by atoms with Gasteiger partial charge in [0.1, 0.15) is 0 Å². The van der Waals surface area contributed by atoms with E-state index in [0.29, 0.717) is 0 Å². The van der Waals surface area contributed by atoms with Crippen molar-refractivity contribution in [1.82, 2.24) is 0 Å². The van der Waals surface area contributed by atoms with E-state index in [1.165, 1.54) is 18.2 Å². The minimum atomic E-state index is -3.07. The summed E-state index contributed by atoms with van der Waals surface area (Å²) in [4.78, 5) is 31.6. The second kappa shape index (κ2) is 5.63. The van der Waals surface area contributed by atoms with Gasteiger partial charge in [0.25, 0.3) is 5.69 Å². The molecule has 20 heavy (non-hydrogen) atoms. The van der Waals surface area contributed by atoms with Crippen LogP contribution in [-0.4, -0.2) is 49.0 Å². The van der Waals surface area contributed by atoms with Crippen molar-refractivity contribution in [2.75, 3.05) is 0 Å². The maximum atomic E-state index is 11.0. The van der Waals surface area contributed by atoms with Gasteiger partial charge in [-0.25, -0.2) is 9.59 Å². The van der Waals surface area contributed by atoms with E-state index in [1.54, 1.807) is 0 Å². The lowest BCUT2D eigenvalue weighted by molar-refractivity contribution is -0.385. The highest BCUT2D eigenvalue weighted by Gasteiger charge is 2.48. The van der Waals surface area contributed by atoms with Crippen LogP contribution in [0.15, 0.2) is 24.3 Å². The van der Waals surface area contributed by atoms with Crippen molar-refractivity contribution >= 4 is 17.6 Å². The number of aliphatic hydroxyl groups is 2. The van der Waals surface area contributed by atoms with Crippen molar-refractivity contribution in [2.45, 2.75) is 18.1 Å². The summed E-state index contributed by atoms with van der Waals surface area (Å²) in [5.41, 5.74) is -3.76. The number of rotatable bonds is 6. The zero-order chi connectivity index (χ0) is 15.5. The molecule has 0 saturated carbocycles. The third-order valence-electron chi connectivity index (χ3n) is 2.70. The summed E-state index contributed by atoms with van der Waals surface area (Å²) in [6.45, 7) is 0. The van der Waals surface area contributed by atoms with Crippen molar-refractivity contribution in [2.24, 2.45) is 0 Å². The average molecular weight is 285 g/mol. The Hall–Kier alpha value is -2.52. The molecule has 0 bridgehead atoms. The molecule has 108 valence electrons. The molecule has 1 aromatic rings. The van der Waals surface area contributed by atoms with Crippen LogP contribution < -0.4 is 0 Å². The van der Waals surface area contributed by atoms with Gasteiger partial charge in [-0.1, -0.05) is 18.2 Å². The molecular weight excluding hydrogens is 274 g/mol. The standard InChI is InChI=1S/C11H11NO8/c13-8(9(14)15)11(18,10(16)17)5-6-3-1-2-4-7(6)12(19)20/h1-4,8,13,18H,5H2,(H,14,15)(H,16,17)/t8-,11+/m1/s1. The first-order valence-corrected chi connectivity index (χ1v) is 5.29. The van der Waals surface area contributed by atoms with Gasteiger partial charge in [-0.3, -0.25) is 10.1 Å². The lowest BCUT2D eigenvalue weighted by Gasteiger charge is -2.25. The van der Waals surface area contributed by atoms with Crippen LogP contribution in [0, 0.1) is 10.1 Å². The zero-order valence-electron chi connectivity index (χ0n) is 9.96. The van der Waals surface area contributed by atoms with E-state index in [2.05, 4.69) is 0 Å². The largest absolute Gasteiger partial charge is 0.479 e. The number of aliphatic hydroxyl groups excluding tert-OH is 1. The third-order valence-corrected chi connectivity index (χ3v) is 2.70. The van der Waals surface area contributed by atoms with Gasteiger partial charge in [-0.2, -0.15) is 0 Å². The fraction of sp³-hybridized carbons (Fsp3) is 0.273. The molecule has 0 aliphatic rings. The monoisotopic (exact) mass is 285 g/mol. The molecule has 1 aromatic carbocycles. The molecule has 0 unspecified atom stereocenters. The van der Waals surface area contributed by atoms with Crippen molar-refractivity contribution in [3.8, 4) is 0 Å². The van der Waals surface area contributed by atoms with Crippen molar-refractivity contribution in [3.05, 3.63) is 39.9 Å². The van der Waals surface area contributed by atoms with E-state index in [0.717, 1.165) is 6.07 Å². The Morgan fingerprint density at radius 1 is 1.30 bits per heavy atom. The number of hydrogen-bond acceptors (Lipinski definition) is 6. The molecule has 0 aliphatic heterocycles. The summed E-state index contributed by atoms with van der Waals surface area (Å²) in [5.74, 6) is -3.95. The normalized spacial score (nSPS) is 15.1. The summed E-state index contributed by atoms with van der Waals surface area (Å²) in [5, 5.41) is 47.4. The molecule has 0 aliphatic carbocycles. The molecule has 0 aromatic heterocycles. The van der Waals surface area contributed by atoms with Gasteiger partial charge in [-0.05, 0) is 0 Å². The molecule has 0 saturated heterocycles. The van der Waals surface area contributed by atoms with Crippen LogP contribution in [0.4, 0.5) is 5.69 Å². The van der Waals surface area contributed by atoms with Crippen LogP contribution in [-0.2, 0) is 16.0 Å². The van der Waals surface area contributed by atoms with Gasteiger partial charge in [-0.15, -0.1) is 0 Å². The van der Waals surface area contributed by atoms with E-state index in [-0.39, 0.29) is 5.56 Å². The topological polar surface area (TPSA) is 158 Å². The molecule has 2 atom stereocenters. The second-order valence-electron chi connectivity index (χ2n) is 4.03. The first kappa shape index (κ1) is 15.5. The second-order valence-corrected chi connectivity index (χ2v) is 4.03. The predicted molar refractivity (Wildman–Crippen MR) is 63.0 cm³/mol. The lowest BCUT2D eigenvalue weighted by atomic mass is 9.88. The fourth-order valence-corrected chi connectivity index (χ4v) is 1.62. The van der Waals surface area contributed by atoms with Gasteiger partial charge in [0.05, 0.1) is 4.92 Å². The van der Waals surface area contributed by atoms with Gasteiger partial charge in [0.2, 0.25) is 5.60 Å². The molecule has 0 amide bonds. The van der Waals surface area contributed by atoms with E-state index in [4.69, 9.17) is 10.2 Å². The third kappa shape index (κ3) is 2.90. The number of benzene rings is 1. The highest BCUT2D eigenvalue weighted by atomic mass is 16.6. The van der Waals surface area contributed by atoms with Gasteiger partial charge in [0.15, 0.2) is 6.10 Å². The average Bonchev–Trinajstić information content (AvgIpc) is 2.37. The Bertz CT molecular complexity index is 557. The highest BCUT2D eigenvalue weighted by Crippen LogP contribution is 2.25. The van der Waals surface area contributed by atoms with Crippen LogP contribution in [0.1, 0.15) is 5.56 Å². The molecular formula is C11H11NO8. The highest BCUT2D eigenvalue weighted by molar-refractivity contribution is 5.87. The molecule has 9 heteroatoms. The van der Waals surface area contributed by atoms with Crippen molar-refractivity contribution in [1.29, 1.82) is 0 Å². The number of nitro benzene ring substituents is 1. The number of hydrogen-bond donors (Lipinski definition) is 4. The zero-order valence-corrected chi connectivity index (χ0v) is 9.96. The maximum Gasteiger partial charge on any atom is 0.339 e. The number of nitro groups is 1. The van der Waals surface area contributed by atoms with Crippen molar-refractivity contribution in [3.63, 3.8) is 0 Å². The first-order valence-electron chi connectivity index (χ1n) is 5.29. The summed E-state index contributed by atoms with van der Waals surface area (Å²) in [6, 6.07) is 4.93. The lowest BCUT2D eigenvalue weighted by Crippen LogP contribution is -2.54. The molecule has 0 radical (unpaired) electrons. The van der Waals surface area contributed by atoms with Crippen LogP contribution >= 0.6 is 0 Å². The Labute approximate surface area is 111 Å². The predicted octanol–water partition coefficient (Wildman–Crippen LogP) is -0.602. The maximum absolute atomic E-state index is 11.0. The number of para-hydroxylation sites is 1. The first-order chi connectivity index (χ1) is 9.20. The Kier molecular flexibility index (Phi) is 4.38. The molecule has 0 heterocycles. The summed E-state index contributed by atoms with van der Waals surface area (Å²) >= 11 is 0. The smallest absolute Gasteiger partial charge is 0.339 e. The fourth-order valence-electron chi connectivity index (χ4n) is 1.62. The van der Waals surface area contributed by atoms with E-state index in [1.807, 2.05) is 0 Å². The number of carbonyl (C=O) groups is 2. The number of nitrogens with zero attached hydrogens (tertiary/aromatic N) is 1.